The van der Waals surface area contributed by atoms with Gasteiger partial charge in [0.15, 0.2) is 10.8 Å². The molecule has 3 N–H and O–H groups in total. The van der Waals surface area contributed by atoms with E-state index in [2.05, 4.69) is 27.7 Å². The molecular formula is C19H22ClN5O6S2. The Morgan fingerprint density at radius 1 is 1.42 bits per heavy atom. The van der Waals surface area contributed by atoms with Crippen LogP contribution in [0.15, 0.2) is 21.3 Å². The number of carbonyl (C=O) groups is 4. The first-order chi connectivity index (χ1) is 15.9. The highest BCUT2D eigenvalue weighted by Crippen LogP contribution is 2.41. The summed E-state index contributed by atoms with van der Waals surface area (Å²) >= 11 is 8.32. The summed E-state index contributed by atoms with van der Waals surface area (Å²) in [7, 11) is 0. The van der Waals surface area contributed by atoms with Crippen molar-refractivity contribution in [2.24, 2.45) is 5.16 Å². The van der Waals surface area contributed by atoms with Crippen LogP contribution in [0.25, 0.3) is 0 Å². The van der Waals surface area contributed by atoms with Gasteiger partial charge in [-0.2, -0.15) is 0 Å². The molecule has 2 aliphatic heterocycles. The molecule has 3 heterocycles. The number of unbranched alkanes of at least 4 members (excludes halogenated alkanes) is 3. The molecule has 1 unspecified atom stereocenters. The molecule has 178 valence electrons. The fraction of sp³-hybridized carbons (Fsp3) is 0.474. The largest absolute Gasteiger partial charge is 0.477 e. The number of thiazole rings is 1. The van der Waals surface area contributed by atoms with E-state index in [1.807, 2.05) is 0 Å². The number of nitrogens with zero attached hydrogens (tertiary/aromatic N) is 3. The predicted octanol–water partition coefficient (Wildman–Crippen LogP) is 1.95. The van der Waals surface area contributed by atoms with E-state index in [4.69, 9.17) is 16.4 Å². The van der Waals surface area contributed by atoms with Gasteiger partial charge in [0, 0.05) is 11.1 Å². The third kappa shape index (κ3) is 5.65. The van der Waals surface area contributed by atoms with Crippen LogP contribution in [0.2, 0.25) is 0 Å². The number of carbonyl (C=O) groups excluding carboxylic acids is 3. The Morgan fingerprint density at radius 3 is 2.91 bits per heavy atom. The number of carboxylic acids is 1. The minimum atomic E-state index is -1.31. The third-order valence-electron chi connectivity index (χ3n) is 4.80. The lowest BCUT2D eigenvalue weighted by molar-refractivity contribution is -0.150. The van der Waals surface area contributed by atoms with Gasteiger partial charge < -0.3 is 20.6 Å². The van der Waals surface area contributed by atoms with Crippen molar-refractivity contribution in [3.05, 3.63) is 21.8 Å². The number of halogens is 1. The van der Waals surface area contributed by atoms with Crippen LogP contribution in [-0.4, -0.2) is 68.7 Å². The minimum absolute atomic E-state index is 0.0679. The van der Waals surface area contributed by atoms with Crippen molar-refractivity contribution in [3.8, 4) is 0 Å². The van der Waals surface area contributed by atoms with Crippen molar-refractivity contribution in [2.75, 3.05) is 17.7 Å². The topological polar surface area (TPSA) is 150 Å². The summed E-state index contributed by atoms with van der Waals surface area (Å²) in [5, 5.41) is 19.6. The maximum atomic E-state index is 13.0. The van der Waals surface area contributed by atoms with Crippen LogP contribution in [-0.2, 0) is 24.0 Å². The van der Waals surface area contributed by atoms with Crippen LogP contribution in [0, 0.1) is 0 Å². The first kappa shape index (κ1) is 25.0. The van der Waals surface area contributed by atoms with E-state index in [1.54, 1.807) is 0 Å². The standard InChI is InChI=1S/C19H22ClN5O6S2/c1-2-3-4-5-6-31-24-12(11-8-33-19(22-11)21-9-26)15(27)23-13-16(28)25-14(18(29)30)10(20)7-32-17(13)25/h8-9,13,17H,2-7H2,1H3,(H,23,27)(H,29,30)(H,21,22,26)/b24-12+/t13?,17-/m1/s1. The molecule has 0 spiro atoms. The number of β-lactam (4-membered cyclic amide) rings is 1. The summed E-state index contributed by atoms with van der Waals surface area (Å²) in [5.74, 6) is -2.39. The highest BCUT2D eigenvalue weighted by molar-refractivity contribution is 8.00. The highest BCUT2D eigenvalue weighted by atomic mass is 35.5. The molecule has 3 rings (SSSR count). The van der Waals surface area contributed by atoms with Gasteiger partial charge >= 0.3 is 5.97 Å². The molecule has 0 saturated carbocycles. The zero-order chi connectivity index (χ0) is 24.0. The number of fused-ring (bicyclic) bond motifs is 1. The second-order valence-corrected chi connectivity index (χ2v) is 9.47. The predicted molar refractivity (Wildman–Crippen MR) is 124 cm³/mol. The van der Waals surface area contributed by atoms with Crippen LogP contribution in [0.1, 0.15) is 38.3 Å². The zero-order valence-corrected chi connectivity index (χ0v) is 20.0. The second-order valence-electron chi connectivity index (χ2n) is 7.05. The Kier molecular flexibility index (Phi) is 8.69. The fourth-order valence-corrected chi connectivity index (χ4v) is 5.40. The number of hydrogen-bond donors (Lipinski definition) is 3. The number of thioether (sulfide) groups is 1. The van der Waals surface area contributed by atoms with Crippen molar-refractivity contribution in [1.82, 2.24) is 15.2 Å². The Morgan fingerprint density at radius 2 is 2.21 bits per heavy atom. The van der Waals surface area contributed by atoms with Crippen LogP contribution in [0.4, 0.5) is 5.13 Å². The fourth-order valence-electron chi connectivity index (χ4n) is 3.20. The average molecular weight is 516 g/mol. The minimum Gasteiger partial charge on any atom is -0.477 e. The summed E-state index contributed by atoms with van der Waals surface area (Å²) < 4.78 is 0. The summed E-state index contributed by atoms with van der Waals surface area (Å²) in [6.45, 7) is 2.39. The zero-order valence-electron chi connectivity index (χ0n) is 17.6. The van der Waals surface area contributed by atoms with E-state index in [-0.39, 0.29) is 33.0 Å². The number of hydrogen-bond acceptors (Lipinski definition) is 9. The van der Waals surface area contributed by atoms with Gasteiger partial charge in [-0.25, -0.2) is 9.78 Å². The van der Waals surface area contributed by atoms with Gasteiger partial charge in [-0.05, 0) is 12.8 Å². The molecular weight excluding hydrogens is 494 g/mol. The molecule has 2 aliphatic rings. The van der Waals surface area contributed by atoms with Crippen molar-refractivity contribution >= 4 is 69.7 Å². The quantitative estimate of drug-likeness (QED) is 0.126. The van der Waals surface area contributed by atoms with E-state index in [9.17, 15) is 24.3 Å². The smallest absolute Gasteiger partial charge is 0.353 e. The van der Waals surface area contributed by atoms with Crippen molar-refractivity contribution in [1.29, 1.82) is 0 Å². The number of aromatic nitrogens is 1. The second kappa shape index (κ2) is 11.5. The van der Waals surface area contributed by atoms with Crippen molar-refractivity contribution in [3.63, 3.8) is 0 Å². The molecule has 2 atom stereocenters. The van der Waals surface area contributed by atoms with Crippen molar-refractivity contribution in [2.45, 2.75) is 44.0 Å². The van der Waals surface area contributed by atoms with Gasteiger partial charge in [-0.3, -0.25) is 19.3 Å². The summed E-state index contributed by atoms with van der Waals surface area (Å²) in [6, 6.07) is -0.956. The number of anilines is 1. The number of rotatable bonds is 12. The molecule has 14 heteroatoms. The van der Waals surface area contributed by atoms with Crippen LogP contribution in [0.5, 0.6) is 0 Å². The molecule has 11 nitrogen and oxygen atoms in total. The monoisotopic (exact) mass is 515 g/mol. The highest BCUT2D eigenvalue weighted by Gasteiger charge is 2.54. The number of aliphatic carboxylic acids is 1. The molecule has 0 aliphatic carbocycles. The first-order valence-electron chi connectivity index (χ1n) is 10.1. The van der Waals surface area contributed by atoms with Gasteiger partial charge in [0.2, 0.25) is 6.41 Å². The molecule has 0 radical (unpaired) electrons. The van der Waals surface area contributed by atoms with Crippen LogP contribution < -0.4 is 10.6 Å². The Labute approximate surface area is 202 Å². The first-order valence-corrected chi connectivity index (χ1v) is 12.4. The molecule has 1 saturated heterocycles. The molecule has 33 heavy (non-hydrogen) atoms. The summed E-state index contributed by atoms with van der Waals surface area (Å²) in [4.78, 5) is 58.3. The Balaban J connectivity index is 1.73. The van der Waals surface area contributed by atoms with Crippen LogP contribution in [0.3, 0.4) is 0 Å². The number of oxime groups is 1. The van der Waals surface area contributed by atoms with E-state index in [0.717, 1.165) is 41.9 Å². The average Bonchev–Trinajstić information content (AvgIpc) is 3.24. The summed E-state index contributed by atoms with van der Waals surface area (Å²) in [5.41, 5.74) is -0.256. The maximum absolute atomic E-state index is 13.0. The molecule has 0 bridgehead atoms. The SMILES string of the molecule is CCCCCCO/N=C(/C(=O)NC1C(=O)N2C(C(=O)O)=C(Cl)CS[C@H]12)c1csc(NC=O)n1. The summed E-state index contributed by atoms with van der Waals surface area (Å²) in [6.07, 6.45) is 4.32. The Bertz CT molecular complexity index is 997. The van der Waals surface area contributed by atoms with Gasteiger partial charge in [0.1, 0.15) is 29.4 Å². The molecule has 1 aromatic rings. The molecule has 1 fully saturated rings. The lowest BCUT2D eigenvalue weighted by Gasteiger charge is -2.48. The van der Waals surface area contributed by atoms with Gasteiger partial charge in [-0.1, -0.05) is 36.5 Å². The number of nitrogens with one attached hydrogen (secondary N) is 2. The molecule has 1 aromatic heterocycles. The molecule has 0 aromatic carbocycles. The number of carboxylic acid groups (broad SMARTS) is 1. The molecule has 3 amide bonds. The van der Waals surface area contributed by atoms with Crippen LogP contribution >= 0.6 is 34.7 Å². The lowest BCUT2D eigenvalue weighted by atomic mass is 10.0. The van der Waals surface area contributed by atoms with E-state index in [1.165, 1.54) is 17.1 Å². The maximum Gasteiger partial charge on any atom is 0.353 e. The van der Waals surface area contributed by atoms with Gasteiger partial charge in [-0.15, -0.1) is 23.1 Å². The van der Waals surface area contributed by atoms with Gasteiger partial charge in [0.05, 0.1) is 5.03 Å². The third-order valence-corrected chi connectivity index (χ3v) is 7.32. The Hall–Kier alpha value is -2.64. The van der Waals surface area contributed by atoms with E-state index >= 15 is 0 Å². The normalized spacial score (nSPS) is 20.1. The van der Waals surface area contributed by atoms with E-state index in [0.29, 0.717) is 13.0 Å². The van der Waals surface area contributed by atoms with E-state index < -0.39 is 29.2 Å². The number of amides is 3. The lowest BCUT2D eigenvalue weighted by Crippen LogP contribution is -2.71. The van der Waals surface area contributed by atoms with Gasteiger partial charge in [0.25, 0.3) is 11.8 Å². The van der Waals surface area contributed by atoms with Crippen molar-refractivity contribution < 1.29 is 29.1 Å².